The molecule has 1 amide bonds. The molecule has 0 aliphatic heterocycles. The minimum Gasteiger partial charge on any atom is -0.316 e. The van der Waals surface area contributed by atoms with Gasteiger partial charge < -0.3 is 5.32 Å². The molecule has 1 aliphatic carbocycles. The number of hydrogen-bond donors (Lipinski definition) is 1. The molecule has 0 fully saturated rings. The number of tetrazole rings is 1. The first-order valence-corrected chi connectivity index (χ1v) is 12.0. The molecule has 0 aromatic carbocycles. The van der Waals surface area contributed by atoms with E-state index < -0.39 is 5.25 Å². The van der Waals surface area contributed by atoms with E-state index in [2.05, 4.69) is 26.9 Å². The molecule has 3 heterocycles. The summed E-state index contributed by atoms with van der Waals surface area (Å²) in [6.07, 6.45) is 5.36. The van der Waals surface area contributed by atoms with E-state index in [9.17, 15) is 10.1 Å². The lowest BCUT2D eigenvalue weighted by atomic mass is 10.1. The highest BCUT2D eigenvalue weighted by molar-refractivity contribution is 8.00. The van der Waals surface area contributed by atoms with Crippen molar-refractivity contribution >= 4 is 45.3 Å². The maximum Gasteiger partial charge on any atom is 0.238 e. The lowest BCUT2D eigenvalue weighted by molar-refractivity contribution is -0.115. The molecule has 0 saturated heterocycles. The molecular weight excluding hydrogens is 424 g/mol. The number of nitriles is 1. The second-order valence-electron chi connectivity index (χ2n) is 6.83. The number of amides is 1. The lowest BCUT2D eigenvalue weighted by Gasteiger charge is -2.11. The molecule has 0 bridgehead atoms. The summed E-state index contributed by atoms with van der Waals surface area (Å²) >= 11 is 4.51. The average Bonchev–Trinajstić information content (AvgIpc) is 3.41. The normalized spacial score (nSPS) is 14.6. The van der Waals surface area contributed by atoms with Crippen molar-refractivity contribution in [3.8, 4) is 6.07 Å². The van der Waals surface area contributed by atoms with Crippen LogP contribution in [0.1, 0.15) is 47.1 Å². The van der Waals surface area contributed by atoms with Crippen LogP contribution in [0.5, 0.6) is 0 Å². The van der Waals surface area contributed by atoms with Crippen molar-refractivity contribution in [1.82, 2.24) is 20.2 Å². The first-order valence-electron chi connectivity index (χ1n) is 9.46. The number of aryl methyl sites for hydroxylation is 1. The van der Waals surface area contributed by atoms with Gasteiger partial charge in [-0.25, -0.2) is 4.68 Å². The third-order valence-corrected chi connectivity index (χ3v) is 7.95. The molecule has 1 atom stereocenters. The monoisotopic (exact) mass is 444 g/mol. The van der Waals surface area contributed by atoms with Gasteiger partial charge in [-0.1, -0.05) is 24.2 Å². The SMILES string of the molecule is C[C@@H](Sc1nnnn1Cc1cccs1)C(=O)Nc1sc2c(c1C#N)CCCCC2. The van der Waals surface area contributed by atoms with Crippen molar-refractivity contribution in [3.63, 3.8) is 0 Å². The van der Waals surface area contributed by atoms with E-state index in [0.29, 0.717) is 22.3 Å². The van der Waals surface area contributed by atoms with Crippen molar-refractivity contribution in [2.45, 2.75) is 56.0 Å². The number of aromatic nitrogens is 4. The Morgan fingerprint density at radius 1 is 1.41 bits per heavy atom. The molecule has 10 heteroatoms. The first kappa shape index (κ1) is 20.1. The summed E-state index contributed by atoms with van der Waals surface area (Å²) in [6, 6.07) is 6.33. The Kier molecular flexibility index (Phi) is 6.28. The van der Waals surface area contributed by atoms with Gasteiger partial charge in [-0.3, -0.25) is 4.79 Å². The highest BCUT2D eigenvalue weighted by atomic mass is 32.2. The Morgan fingerprint density at radius 2 is 2.28 bits per heavy atom. The van der Waals surface area contributed by atoms with E-state index in [-0.39, 0.29) is 5.91 Å². The minimum absolute atomic E-state index is 0.145. The summed E-state index contributed by atoms with van der Waals surface area (Å²) in [5.74, 6) is -0.145. The lowest BCUT2D eigenvalue weighted by Crippen LogP contribution is -2.23. The Hall–Kier alpha value is -2.22. The van der Waals surface area contributed by atoms with E-state index in [0.717, 1.165) is 36.1 Å². The number of hydrogen-bond acceptors (Lipinski definition) is 8. The van der Waals surface area contributed by atoms with Crippen molar-refractivity contribution in [1.29, 1.82) is 5.26 Å². The molecule has 0 radical (unpaired) electrons. The van der Waals surface area contributed by atoms with E-state index in [1.807, 2.05) is 24.4 Å². The molecule has 3 aromatic heterocycles. The molecule has 29 heavy (non-hydrogen) atoms. The number of carbonyl (C=O) groups excluding carboxylic acids is 1. The zero-order valence-electron chi connectivity index (χ0n) is 15.9. The topological polar surface area (TPSA) is 96.5 Å². The summed E-state index contributed by atoms with van der Waals surface area (Å²) in [6.45, 7) is 2.41. The van der Waals surface area contributed by atoms with Gasteiger partial charge in [0, 0.05) is 9.75 Å². The largest absolute Gasteiger partial charge is 0.316 e. The van der Waals surface area contributed by atoms with Crippen molar-refractivity contribution < 1.29 is 4.79 Å². The number of nitrogens with one attached hydrogen (secondary N) is 1. The molecule has 0 spiro atoms. The van der Waals surface area contributed by atoms with Gasteiger partial charge >= 0.3 is 0 Å². The van der Waals surface area contributed by atoms with E-state index in [1.165, 1.54) is 23.1 Å². The Labute approximate surface area is 181 Å². The summed E-state index contributed by atoms with van der Waals surface area (Å²) in [5.41, 5.74) is 1.77. The van der Waals surface area contributed by atoms with Crippen molar-refractivity contribution in [2.24, 2.45) is 0 Å². The minimum atomic E-state index is -0.392. The second-order valence-corrected chi connectivity index (χ2v) is 10.3. The number of thiophene rings is 2. The molecule has 150 valence electrons. The zero-order chi connectivity index (χ0) is 20.2. The predicted octanol–water partition coefficient (Wildman–Crippen LogP) is 4.10. The highest BCUT2D eigenvalue weighted by Gasteiger charge is 2.24. The van der Waals surface area contributed by atoms with Gasteiger partial charge in [0.1, 0.15) is 11.1 Å². The summed E-state index contributed by atoms with van der Waals surface area (Å²) < 4.78 is 1.70. The van der Waals surface area contributed by atoms with Crippen LogP contribution < -0.4 is 5.32 Å². The van der Waals surface area contributed by atoms with Crippen LogP contribution >= 0.6 is 34.4 Å². The van der Waals surface area contributed by atoms with Crippen LogP contribution in [0.3, 0.4) is 0 Å². The average molecular weight is 445 g/mol. The third kappa shape index (κ3) is 4.52. The Morgan fingerprint density at radius 3 is 3.07 bits per heavy atom. The third-order valence-electron chi connectivity index (χ3n) is 4.81. The van der Waals surface area contributed by atoms with Crippen LogP contribution in [-0.4, -0.2) is 31.4 Å². The van der Waals surface area contributed by atoms with Gasteiger partial charge in [0.15, 0.2) is 0 Å². The van der Waals surface area contributed by atoms with Crippen LogP contribution in [0.4, 0.5) is 5.00 Å². The van der Waals surface area contributed by atoms with E-state index in [1.54, 1.807) is 27.4 Å². The number of rotatable bonds is 6. The molecule has 1 aliphatic rings. The molecule has 1 N–H and O–H groups in total. The Balaban J connectivity index is 1.45. The number of fused-ring (bicyclic) bond motifs is 1. The standard InChI is InChI=1S/C19H20N6OS3/c1-12(28-19-22-23-24-25(19)11-13-6-5-9-27-13)17(26)21-18-15(10-20)14-7-3-2-4-8-16(14)29-18/h5-6,9,12H,2-4,7-8,11H2,1H3,(H,21,26)/t12-/m1/s1. The van der Waals surface area contributed by atoms with Crippen LogP contribution in [0, 0.1) is 11.3 Å². The molecule has 3 aromatic rings. The predicted molar refractivity (Wildman–Crippen MR) is 115 cm³/mol. The summed E-state index contributed by atoms with van der Waals surface area (Å²) in [4.78, 5) is 15.2. The van der Waals surface area contributed by atoms with E-state index >= 15 is 0 Å². The summed E-state index contributed by atoms with van der Waals surface area (Å²) in [7, 11) is 0. The number of thioether (sulfide) groups is 1. The van der Waals surface area contributed by atoms with Crippen LogP contribution in [0.25, 0.3) is 0 Å². The fraction of sp³-hybridized carbons (Fsp3) is 0.421. The zero-order valence-corrected chi connectivity index (χ0v) is 18.4. The van der Waals surface area contributed by atoms with Crippen LogP contribution in [0.15, 0.2) is 22.7 Å². The van der Waals surface area contributed by atoms with Crippen LogP contribution in [-0.2, 0) is 24.2 Å². The van der Waals surface area contributed by atoms with Gasteiger partial charge in [-0.2, -0.15) is 5.26 Å². The Bertz CT molecular complexity index is 1030. The quantitative estimate of drug-likeness (QED) is 0.454. The van der Waals surface area contributed by atoms with Crippen molar-refractivity contribution in [3.05, 3.63) is 38.4 Å². The second kappa shape index (κ2) is 9.07. The van der Waals surface area contributed by atoms with Gasteiger partial charge in [0.2, 0.25) is 11.1 Å². The maximum atomic E-state index is 12.8. The molecule has 0 saturated carbocycles. The molecular formula is C19H20N6OS3. The fourth-order valence-electron chi connectivity index (χ4n) is 3.30. The number of anilines is 1. The maximum absolute atomic E-state index is 12.8. The van der Waals surface area contributed by atoms with Gasteiger partial charge in [-0.05, 0) is 60.0 Å². The van der Waals surface area contributed by atoms with Gasteiger partial charge in [0.05, 0.1) is 17.4 Å². The van der Waals surface area contributed by atoms with E-state index in [4.69, 9.17) is 0 Å². The molecule has 4 rings (SSSR count). The number of carbonyl (C=O) groups is 1. The van der Waals surface area contributed by atoms with Crippen molar-refractivity contribution in [2.75, 3.05) is 5.32 Å². The summed E-state index contributed by atoms with van der Waals surface area (Å²) in [5, 5.41) is 27.4. The first-order chi connectivity index (χ1) is 14.2. The highest BCUT2D eigenvalue weighted by Crippen LogP contribution is 2.37. The fourth-order valence-corrected chi connectivity index (χ4v) is 6.02. The molecule has 7 nitrogen and oxygen atoms in total. The van der Waals surface area contributed by atoms with Gasteiger partial charge in [0.25, 0.3) is 0 Å². The number of nitrogens with zero attached hydrogens (tertiary/aromatic N) is 5. The van der Waals surface area contributed by atoms with Gasteiger partial charge in [-0.15, -0.1) is 27.8 Å². The van der Waals surface area contributed by atoms with Crippen LogP contribution in [0.2, 0.25) is 0 Å². The molecule has 0 unspecified atom stereocenters. The smallest absolute Gasteiger partial charge is 0.238 e.